The van der Waals surface area contributed by atoms with Crippen LogP contribution in [0.3, 0.4) is 0 Å². The van der Waals surface area contributed by atoms with Gasteiger partial charge in [-0.3, -0.25) is 0 Å². The lowest BCUT2D eigenvalue weighted by molar-refractivity contribution is -0.137. The second-order valence-corrected chi connectivity index (χ2v) is 6.54. The third-order valence-electron chi connectivity index (χ3n) is 4.26. The maximum atomic E-state index is 12.9. The number of benzene rings is 2. The fourth-order valence-corrected chi connectivity index (χ4v) is 3.26. The van der Waals surface area contributed by atoms with E-state index >= 15 is 0 Å². The maximum Gasteiger partial charge on any atom is 0.416 e. The molecule has 3 nitrogen and oxygen atoms in total. The minimum atomic E-state index is -4.39. The zero-order valence-electron chi connectivity index (χ0n) is 14.1. The van der Waals surface area contributed by atoms with Crippen molar-refractivity contribution in [2.24, 2.45) is 0 Å². The second kappa shape index (κ2) is 6.39. The number of nitrogens with zero attached hydrogens (tertiary/aromatic N) is 3. The molecule has 0 atom stereocenters. The average Bonchev–Trinajstić information content (AvgIpc) is 3.01. The highest BCUT2D eigenvalue weighted by atomic mass is 35.5. The average molecular weight is 388 g/mol. The number of rotatable bonds is 2. The van der Waals surface area contributed by atoms with Crippen LogP contribution in [-0.2, 0) is 6.18 Å². The summed E-state index contributed by atoms with van der Waals surface area (Å²) >= 11 is 6.35. The van der Waals surface area contributed by atoms with E-state index in [0.29, 0.717) is 27.5 Å². The third kappa shape index (κ3) is 3.17. The summed E-state index contributed by atoms with van der Waals surface area (Å²) in [5.74, 6) is 0. The maximum absolute atomic E-state index is 12.9. The van der Waals surface area contributed by atoms with Crippen molar-refractivity contribution in [2.45, 2.75) is 13.1 Å². The van der Waals surface area contributed by atoms with Gasteiger partial charge in [0.05, 0.1) is 17.0 Å². The predicted octanol–water partition coefficient (Wildman–Crippen LogP) is 6.04. The first-order chi connectivity index (χ1) is 12.8. The molecule has 4 aromatic rings. The van der Waals surface area contributed by atoms with Gasteiger partial charge < -0.3 is 0 Å². The van der Waals surface area contributed by atoms with E-state index in [0.717, 1.165) is 23.4 Å². The summed E-state index contributed by atoms with van der Waals surface area (Å²) in [4.78, 5) is 4.42. The Balaban J connectivity index is 2.00. The van der Waals surface area contributed by atoms with Crippen molar-refractivity contribution in [1.29, 1.82) is 0 Å². The molecule has 0 saturated carbocycles. The Hall–Kier alpha value is -2.86. The minimum absolute atomic E-state index is 0.524. The van der Waals surface area contributed by atoms with Gasteiger partial charge in [0.15, 0.2) is 5.65 Å². The SMILES string of the molecule is Cc1cc2ncc(-c3ccccc3Cl)c(-c3ccc(C(F)(F)F)cc3)n2n1. The minimum Gasteiger partial charge on any atom is -0.236 e. The molecule has 0 aliphatic carbocycles. The number of aromatic nitrogens is 3. The van der Waals surface area contributed by atoms with E-state index in [9.17, 15) is 13.2 Å². The Morgan fingerprint density at radius 3 is 2.33 bits per heavy atom. The smallest absolute Gasteiger partial charge is 0.236 e. The Morgan fingerprint density at radius 1 is 0.963 bits per heavy atom. The van der Waals surface area contributed by atoms with Gasteiger partial charge in [0.1, 0.15) is 0 Å². The number of fused-ring (bicyclic) bond motifs is 1. The van der Waals surface area contributed by atoms with Crippen LogP contribution < -0.4 is 0 Å². The van der Waals surface area contributed by atoms with Gasteiger partial charge >= 0.3 is 6.18 Å². The highest BCUT2D eigenvalue weighted by Gasteiger charge is 2.30. The molecule has 2 heterocycles. The molecule has 0 amide bonds. The second-order valence-electron chi connectivity index (χ2n) is 6.13. The van der Waals surface area contributed by atoms with Crippen LogP contribution in [0.25, 0.3) is 28.0 Å². The van der Waals surface area contributed by atoms with E-state index in [1.165, 1.54) is 12.1 Å². The lowest BCUT2D eigenvalue weighted by Gasteiger charge is -2.14. The van der Waals surface area contributed by atoms with Gasteiger partial charge in [-0.2, -0.15) is 18.3 Å². The molecular weight excluding hydrogens is 375 g/mol. The Bertz CT molecular complexity index is 1130. The first kappa shape index (κ1) is 17.5. The van der Waals surface area contributed by atoms with Crippen LogP contribution in [0.15, 0.2) is 60.8 Å². The summed E-state index contributed by atoms with van der Waals surface area (Å²) in [6.07, 6.45) is -2.72. The molecule has 2 aromatic heterocycles. The third-order valence-corrected chi connectivity index (χ3v) is 4.58. The molecule has 0 unspecified atom stereocenters. The van der Waals surface area contributed by atoms with E-state index in [1.54, 1.807) is 16.8 Å². The van der Waals surface area contributed by atoms with Crippen molar-refractivity contribution >= 4 is 17.2 Å². The van der Waals surface area contributed by atoms with Crippen LogP contribution in [0.2, 0.25) is 5.02 Å². The topological polar surface area (TPSA) is 30.2 Å². The lowest BCUT2D eigenvalue weighted by atomic mass is 9.99. The fraction of sp³-hybridized carbons (Fsp3) is 0.100. The number of alkyl halides is 3. The fourth-order valence-electron chi connectivity index (χ4n) is 3.02. The van der Waals surface area contributed by atoms with Crippen molar-refractivity contribution in [2.75, 3.05) is 0 Å². The molecule has 4 rings (SSSR count). The summed E-state index contributed by atoms with van der Waals surface area (Å²) in [5.41, 5.74) is 3.31. The predicted molar refractivity (Wildman–Crippen MR) is 98.6 cm³/mol. The largest absolute Gasteiger partial charge is 0.416 e. The summed E-state index contributed by atoms with van der Waals surface area (Å²) in [6, 6.07) is 14.1. The Kier molecular flexibility index (Phi) is 4.15. The van der Waals surface area contributed by atoms with Crippen molar-refractivity contribution in [3.05, 3.63) is 77.1 Å². The van der Waals surface area contributed by atoms with Crippen LogP contribution >= 0.6 is 11.6 Å². The number of halogens is 4. The molecular formula is C20H13ClF3N3. The van der Waals surface area contributed by atoms with Gasteiger partial charge in [-0.25, -0.2) is 9.50 Å². The molecule has 0 aliphatic heterocycles. The van der Waals surface area contributed by atoms with Crippen LogP contribution in [0.1, 0.15) is 11.3 Å². The quantitative estimate of drug-likeness (QED) is 0.419. The zero-order valence-corrected chi connectivity index (χ0v) is 14.9. The molecule has 0 saturated heterocycles. The molecule has 0 fully saturated rings. The summed E-state index contributed by atoms with van der Waals surface area (Å²) in [5, 5.41) is 4.99. The van der Waals surface area contributed by atoms with Crippen LogP contribution in [-0.4, -0.2) is 14.6 Å². The number of hydrogen-bond donors (Lipinski definition) is 0. The molecule has 7 heteroatoms. The highest BCUT2D eigenvalue weighted by molar-refractivity contribution is 6.33. The first-order valence-electron chi connectivity index (χ1n) is 8.12. The van der Waals surface area contributed by atoms with Gasteiger partial charge in [0.25, 0.3) is 0 Å². The molecule has 0 N–H and O–H groups in total. The standard InChI is InChI=1S/C20H13ClF3N3/c1-12-10-18-25-11-16(15-4-2-3-5-17(15)21)19(27(18)26-12)13-6-8-14(9-7-13)20(22,23)24/h2-11H,1H3. The van der Waals surface area contributed by atoms with E-state index < -0.39 is 11.7 Å². The van der Waals surface area contributed by atoms with Crippen molar-refractivity contribution < 1.29 is 13.2 Å². The van der Waals surface area contributed by atoms with E-state index in [1.807, 2.05) is 31.2 Å². The summed E-state index contributed by atoms with van der Waals surface area (Å²) in [7, 11) is 0. The molecule has 136 valence electrons. The van der Waals surface area contributed by atoms with Gasteiger partial charge in [0.2, 0.25) is 0 Å². The molecule has 0 spiro atoms. The van der Waals surface area contributed by atoms with Gasteiger partial charge in [-0.1, -0.05) is 41.9 Å². The molecule has 0 bridgehead atoms. The van der Waals surface area contributed by atoms with E-state index in [2.05, 4.69) is 10.1 Å². The molecule has 2 aromatic carbocycles. The Labute approximate surface area is 158 Å². The van der Waals surface area contributed by atoms with E-state index in [-0.39, 0.29) is 0 Å². The van der Waals surface area contributed by atoms with Crippen molar-refractivity contribution in [1.82, 2.24) is 14.6 Å². The number of hydrogen-bond acceptors (Lipinski definition) is 2. The van der Waals surface area contributed by atoms with E-state index in [4.69, 9.17) is 11.6 Å². The normalized spacial score (nSPS) is 11.9. The van der Waals surface area contributed by atoms with Crippen molar-refractivity contribution in [3.8, 4) is 22.4 Å². The van der Waals surface area contributed by atoms with Gasteiger partial charge in [-0.05, 0) is 25.1 Å². The van der Waals surface area contributed by atoms with Crippen LogP contribution in [0.4, 0.5) is 13.2 Å². The first-order valence-corrected chi connectivity index (χ1v) is 8.50. The number of aryl methyl sites for hydroxylation is 1. The highest BCUT2D eigenvalue weighted by Crippen LogP contribution is 2.37. The van der Waals surface area contributed by atoms with Gasteiger partial charge in [0, 0.05) is 34.0 Å². The summed E-state index contributed by atoms with van der Waals surface area (Å²) < 4.78 is 40.4. The van der Waals surface area contributed by atoms with Crippen LogP contribution in [0.5, 0.6) is 0 Å². The molecule has 0 aliphatic rings. The van der Waals surface area contributed by atoms with Crippen LogP contribution in [0, 0.1) is 6.92 Å². The van der Waals surface area contributed by atoms with Crippen molar-refractivity contribution in [3.63, 3.8) is 0 Å². The lowest BCUT2D eigenvalue weighted by Crippen LogP contribution is -2.05. The van der Waals surface area contributed by atoms with Gasteiger partial charge in [-0.15, -0.1) is 0 Å². The Morgan fingerprint density at radius 2 is 1.67 bits per heavy atom. The summed E-state index contributed by atoms with van der Waals surface area (Å²) in [6.45, 7) is 1.83. The molecule has 0 radical (unpaired) electrons. The molecule has 27 heavy (non-hydrogen) atoms. The zero-order chi connectivity index (χ0) is 19.2. The monoisotopic (exact) mass is 387 g/mol.